The Balaban J connectivity index is 2.14. The summed E-state index contributed by atoms with van der Waals surface area (Å²) in [6, 6.07) is 13.0. The van der Waals surface area contributed by atoms with Gasteiger partial charge in [-0.2, -0.15) is 0 Å². The second-order valence-electron chi connectivity index (χ2n) is 5.02. The fraction of sp³-hybridized carbons (Fsp3) is 0.294. The molecule has 0 aromatic heterocycles. The molecular formula is C17H21NS. The molecule has 0 saturated heterocycles. The van der Waals surface area contributed by atoms with Crippen LogP contribution in [0.25, 0.3) is 0 Å². The molecule has 0 spiro atoms. The van der Waals surface area contributed by atoms with Gasteiger partial charge in [0.1, 0.15) is 0 Å². The maximum Gasteiger partial charge on any atom is 0.0237 e. The summed E-state index contributed by atoms with van der Waals surface area (Å²) in [5.74, 6) is 1.02. The van der Waals surface area contributed by atoms with Crippen molar-refractivity contribution < 1.29 is 0 Å². The molecule has 0 amide bonds. The van der Waals surface area contributed by atoms with Gasteiger partial charge in [-0.05, 0) is 55.2 Å². The Labute approximate surface area is 120 Å². The molecular weight excluding hydrogens is 250 g/mol. The Kier molecular flexibility index (Phi) is 4.67. The van der Waals surface area contributed by atoms with Gasteiger partial charge in [-0.1, -0.05) is 29.8 Å². The third-order valence-corrected chi connectivity index (χ3v) is 4.38. The third kappa shape index (κ3) is 3.62. The summed E-state index contributed by atoms with van der Waals surface area (Å²) in [6.07, 6.45) is 0. The van der Waals surface area contributed by atoms with Crippen molar-refractivity contribution in [2.75, 3.05) is 0 Å². The van der Waals surface area contributed by atoms with Gasteiger partial charge in [0.2, 0.25) is 0 Å². The topological polar surface area (TPSA) is 26.0 Å². The first kappa shape index (κ1) is 14.2. The molecule has 1 nitrogen and oxygen atoms in total. The molecule has 19 heavy (non-hydrogen) atoms. The lowest BCUT2D eigenvalue weighted by Crippen LogP contribution is -1.96. The van der Waals surface area contributed by atoms with Crippen molar-refractivity contribution in [2.24, 2.45) is 5.73 Å². The van der Waals surface area contributed by atoms with Gasteiger partial charge in [-0.3, -0.25) is 0 Å². The summed E-state index contributed by atoms with van der Waals surface area (Å²) in [6.45, 7) is 7.16. The predicted octanol–water partition coefficient (Wildman–Crippen LogP) is 4.36. The van der Waals surface area contributed by atoms with Gasteiger partial charge in [0, 0.05) is 17.2 Å². The van der Waals surface area contributed by atoms with Crippen LogP contribution in [0, 0.1) is 20.8 Å². The van der Waals surface area contributed by atoms with Crippen LogP contribution in [0.2, 0.25) is 0 Å². The van der Waals surface area contributed by atoms with Gasteiger partial charge in [-0.25, -0.2) is 0 Å². The molecule has 0 aliphatic rings. The molecule has 0 atom stereocenters. The number of hydrogen-bond donors (Lipinski definition) is 1. The van der Waals surface area contributed by atoms with E-state index in [-0.39, 0.29) is 0 Å². The normalized spacial score (nSPS) is 10.7. The Morgan fingerprint density at radius 3 is 2.32 bits per heavy atom. The zero-order valence-electron chi connectivity index (χ0n) is 11.9. The van der Waals surface area contributed by atoms with Crippen LogP contribution in [0.15, 0.2) is 41.3 Å². The van der Waals surface area contributed by atoms with E-state index in [1.807, 2.05) is 11.8 Å². The van der Waals surface area contributed by atoms with E-state index in [2.05, 4.69) is 57.2 Å². The minimum Gasteiger partial charge on any atom is -0.326 e. The van der Waals surface area contributed by atoms with E-state index in [0.29, 0.717) is 6.54 Å². The molecule has 100 valence electrons. The second kappa shape index (κ2) is 6.27. The van der Waals surface area contributed by atoms with Gasteiger partial charge in [0.25, 0.3) is 0 Å². The summed E-state index contributed by atoms with van der Waals surface area (Å²) < 4.78 is 0. The van der Waals surface area contributed by atoms with Crippen LogP contribution in [0.4, 0.5) is 0 Å². The van der Waals surface area contributed by atoms with Gasteiger partial charge in [0.05, 0.1) is 0 Å². The first-order valence-electron chi connectivity index (χ1n) is 6.58. The van der Waals surface area contributed by atoms with E-state index < -0.39 is 0 Å². The molecule has 0 radical (unpaired) electrons. The molecule has 2 rings (SSSR count). The van der Waals surface area contributed by atoms with Crippen LogP contribution in [-0.2, 0) is 12.3 Å². The van der Waals surface area contributed by atoms with E-state index in [9.17, 15) is 0 Å². The molecule has 0 fully saturated rings. The van der Waals surface area contributed by atoms with E-state index >= 15 is 0 Å². The number of benzene rings is 2. The van der Waals surface area contributed by atoms with Crippen molar-refractivity contribution in [2.45, 2.75) is 38.0 Å². The zero-order valence-corrected chi connectivity index (χ0v) is 12.7. The first-order valence-corrected chi connectivity index (χ1v) is 7.57. The molecule has 0 saturated carbocycles. The van der Waals surface area contributed by atoms with Crippen molar-refractivity contribution in [3.63, 3.8) is 0 Å². The fourth-order valence-electron chi connectivity index (χ4n) is 2.36. The smallest absolute Gasteiger partial charge is 0.0237 e. The highest BCUT2D eigenvalue weighted by Gasteiger charge is 2.05. The van der Waals surface area contributed by atoms with Crippen LogP contribution in [0.5, 0.6) is 0 Å². The number of nitrogens with two attached hydrogens (primary N) is 1. The standard InChI is InChI=1S/C17H21NS/c1-12-7-13(2)17(14(3)8-12)11-19-16-6-4-5-15(9-16)10-18/h4-9H,10-11,18H2,1-3H3. The quantitative estimate of drug-likeness (QED) is 0.836. The molecule has 2 aromatic carbocycles. The Hall–Kier alpha value is -1.25. The molecule has 0 heterocycles. The lowest BCUT2D eigenvalue weighted by molar-refractivity contribution is 1.06. The molecule has 0 bridgehead atoms. The van der Waals surface area contributed by atoms with Crippen LogP contribution < -0.4 is 5.73 Å². The Morgan fingerprint density at radius 1 is 1.00 bits per heavy atom. The van der Waals surface area contributed by atoms with E-state index in [1.54, 1.807) is 0 Å². The molecule has 0 aliphatic heterocycles. The summed E-state index contributed by atoms with van der Waals surface area (Å²) in [5, 5.41) is 0. The molecule has 2 heteroatoms. The average Bonchev–Trinajstić information content (AvgIpc) is 2.37. The number of hydrogen-bond acceptors (Lipinski definition) is 2. The average molecular weight is 271 g/mol. The van der Waals surface area contributed by atoms with Gasteiger partial charge in [-0.15, -0.1) is 11.8 Å². The Morgan fingerprint density at radius 2 is 1.68 bits per heavy atom. The van der Waals surface area contributed by atoms with Gasteiger partial charge >= 0.3 is 0 Å². The lowest BCUT2D eigenvalue weighted by atomic mass is 10.0. The van der Waals surface area contributed by atoms with Crippen molar-refractivity contribution in [1.82, 2.24) is 0 Å². The fourth-order valence-corrected chi connectivity index (χ4v) is 3.53. The number of aryl methyl sites for hydroxylation is 3. The van der Waals surface area contributed by atoms with Crippen LogP contribution in [0.1, 0.15) is 27.8 Å². The highest BCUT2D eigenvalue weighted by Crippen LogP contribution is 2.27. The van der Waals surface area contributed by atoms with Crippen LogP contribution in [0.3, 0.4) is 0 Å². The van der Waals surface area contributed by atoms with Crippen molar-refractivity contribution >= 4 is 11.8 Å². The molecule has 2 aromatic rings. The predicted molar refractivity (Wildman–Crippen MR) is 84.5 cm³/mol. The van der Waals surface area contributed by atoms with E-state index in [0.717, 1.165) is 5.75 Å². The lowest BCUT2D eigenvalue weighted by Gasteiger charge is -2.11. The minimum absolute atomic E-state index is 0.608. The summed E-state index contributed by atoms with van der Waals surface area (Å²) in [5.41, 5.74) is 12.5. The van der Waals surface area contributed by atoms with Crippen molar-refractivity contribution in [3.8, 4) is 0 Å². The summed E-state index contributed by atoms with van der Waals surface area (Å²) in [7, 11) is 0. The van der Waals surface area contributed by atoms with Crippen molar-refractivity contribution in [3.05, 3.63) is 64.2 Å². The minimum atomic E-state index is 0.608. The summed E-state index contributed by atoms with van der Waals surface area (Å²) in [4.78, 5) is 1.29. The van der Waals surface area contributed by atoms with Crippen LogP contribution in [-0.4, -0.2) is 0 Å². The van der Waals surface area contributed by atoms with E-state index in [1.165, 1.54) is 32.7 Å². The van der Waals surface area contributed by atoms with Crippen LogP contribution >= 0.6 is 11.8 Å². The number of rotatable bonds is 4. The SMILES string of the molecule is Cc1cc(C)c(CSc2cccc(CN)c2)c(C)c1. The zero-order chi connectivity index (χ0) is 13.8. The molecule has 0 aliphatic carbocycles. The maximum absolute atomic E-state index is 5.68. The largest absolute Gasteiger partial charge is 0.326 e. The summed E-state index contributed by atoms with van der Waals surface area (Å²) >= 11 is 1.88. The maximum atomic E-state index is 5.68. The third-order valence-electron chi connectivity index (χ3n) is 3.36. The Bertz CT molecular complexity index is 552. The molecule has 2 N–H and O–H groups in total. The second-order valence-corrected chi connectivity index (χ2v) is 6.07. The highest BCUT2D eigenvalue weighted by molar-refractivity contribution is 7.98. The first-order chi connectivity index (χ1) is 9.10. The number of thioether (sulfide) groups is 1. The van der Waals surface area contributed by atoms with Gasteiger partial charge in [0.15, 0.2) is 0 Å². The van der Waals surface area contributed by atoms with Crippen molar-refractivity contribution in [1.29, 1.82) is 0 Å². The highest BCUT2D eigenvalue weighted by atomic mass is 32.2. The van der Waals surface area contributed by atoms with Gasteiger partial charge < -0.3 is 5.73 Å². The molecule has 0 unspecified atom stereocenters. The monoisotopic (exact) mass is 271 g/mol. The van der Waals surface area contributed by atoms with E-state index in [4.69, 9.17) is 5.73 Å².